The monoisotopic (exact) mass is 400 g/mol. The number of nitrogens with one attached hydrogen (secondary N) is 1. The highest BCUT2D eigenvalue weighted by atomic mass is 35.5. The summed E-state index contributed by atoms with van der Waals surface area (Å²) in [5, 5.41) is 7.30. The van der Waals surface area contributed by atoms with Crippen LogP contribution in [0.15, 0.2) is 41.6 Å². The molecule has 0 bridgehead atoms. The van der Waals surface area contributed by atoms with Crippen LogP contribution >= 0.6 is 34.8 Å². The summed E-state index contributed by atoms with van der Waals surface area (Å²) in [4.78, 5) is 16.8. The molecule has 132 valence electrons. The Bertz CT molecular complexity index is 810. The van der Waals surface area contributed by atoms with Gasteiger partial charge in [-0.05, 0) is 11.6 Å². The Morgan fingerprint density at radius 1 is 1.20 bits per heavy atom. The summed E-state index contributed by atoms with van der Waals surface area (Å²) < 4.78 is 5.74. The molecule has 8 heteroatoms. The normalized spacial score (nSPS) is 11.2. The van der Waals surface area contributed by atoms with Crippen molar-refractivity contribution in [3.8, 4) is 5.75 Å². The van der Waals surface area contributed by atoms with Gasteiger partial charge < -0.3 is 14.9 Å². The second-order valence-corrected chi connectivity index (χ2v) is 6.07. The van der Waals surface area contributed by atoms with Crippen LogP contribution in [0.2, 0.25) is 15.1 Å². The fourth-order valence-corrected chi connectivity index (χ4v) is 2.73. The molecule has 0 aliphatic rings. The SMILES string of the molecule is CNC(=O)/C(=N/OC)c1ccccc1COc1cc(Cl)cc(Cl)c1Cl. The summed E-state index contributed by atoms with van der Waals surface area (Å²) >= 11 is 18.1. The van der Waals surface area contributed by atoms with Gasteiger partial charge in [-0.25, -0.2) is 0 Å². The van der Waals surface area contributed by atoms with Crippen molar-refractivity contribution in [1.29, 1.82) is 0 Å². The van der Waals surface area contributed by atoms with Gasteiger partial charge in [0.2, 0.25) is 0 Å². The molecule has 0 atom stereocenters. The highest BCUT2D eigenvalue weighted by molar-refractivity contribution is 6.45. The Kier molecular flexibility index (Phi) is 6.93. The lowest BCUT2D eigenvalue weighted by atomic mass is 10.0. The van der Waals surface area contributed by atoms with Crippen molar-refractivity contribution >= 4 is 46.4 Å². The lowest BCUT2D eigenvalue weighted by Crippen LogP contribution is -2.29. The van der Waals surface area contributed by atoms with Crippen LogP contribution in [-0.4, -0.2) is 25.8 Å². The van der Waals surface area contributed by atoms with E-state index >= 15 is 0 Å². The molecule has 0 radical (unpaired) electrons. The third-order valence-corrected chi connectivity index (χ3v) is 4.24. The molecule has 0 spiro atoms. The van der Waals surface area contributed by atoms with Crippen LogP contribution in [-0.2, 0) is 16.2 Å². The molecule has 0 saturated carbocycles. The first-order valence-corrected chi connectivity index (χ1v) is 8.30. The molecule has 1 N–H and O–H groups in total. The first-order chi connectivity index (χ1) is 12.0. The van der Waals surface area contributed by atoms with Crippen LogP contribution < -0.4 is 10.1 Å². The quantitative estimate of drug-likeness (QED) is 0.445. The van der Waals surface area contributed by atoms with Crippen LogP contribution in [0.25, 0.3) is 0 Å². The molecular formula is C17H15Cl3N2O3. The predicted molar refractivity (Wildman–Crippen MR) is 99.9 cm³/mol. The minimum absolute atomic E-state index is 0.131. The minimum Gasteiger partial charge on any atom is -0.487 e. The molecule has 5 nitrogen and oxygen atoms in total. The molecule has 2 rings (SSSR count). The number of hydrogen-bond acceptors (Lipinski definition) is 4. The average Bonchev–Trinajstić information content (AvgIpc) is 2.61. The number of benzene rings is 2. The van der Waals surface area contributed by atoms with Crippen molar-refractivity contribution < 1.29 is 14.4 Å². The minimum atomic E-state index is -0.377. The zero-order valence-electron chi connectivity index (χ0n) is 13.5. The predicted octanol–water partition coefficient (Wildman–Crippen LogP) is 4.32. The highest BCUT2D eigenvalue weighted by Gasteiger charge is 2.18. The van der Waals surface area contributed by atoms with Crippen LogP contribution in [0.3, 0.4) is 0 Å². The van der Waals surface area contributed by atoms with E-state index in [1.165, 1.54) is 20.2 Å². The smallest absolute Gasteiger partial charge is 0.273 e. The van der Waals surface area contributed by atoms with Gasteiger partial charge >= 0.3 is 0 Å². The number of likely N-dealkylation sites (N-methyl/N-ethyl adjacent to an activating group) is 1. The standard InChI is InChI=1S/C17H15Cl3N2O3/c1-21-17(23)16(22-24-2)12-6-4-3-5-10(12)9-25-14-8-11(18)7-13(19)15(14)20/h3-8H,9H2,1-2H3,(H,21,23)/b22-16+. The summed E-state index contributed by atoms with van der Waals surface area (Å²) in [5.41, 5.74) is 1.43. The maximum atomic E-state index is 12.1. The van der Waals surface area contributed by atoms with Gasteiger partial charge in [-0.1, -0.05) is 64.2 Å². The number of ether oxygens (including phenoxy) is 1. The Balaban J connectivity index is 2.33. The molecule has 2 aromatic carbocycles. The van der Waals surface area contributed by atoms with Crippen molar-refractivity contribution in [1.82, 2.24) is 5.32 Å². The summed E-state index contributed by atoms with van der Waals surface area (Å²) in [6.07, 6.45) is 0. The zero-order chi connectivity index (χ0) is 18.4. The molecule has 0 aliphatic carbocycles. The number of rotatable bonds is 6. The Morgan fingerprint density at radius 2 is 1.92 bits per heavy atom. The van der Waals surface area contributed by atoms with Gasteiger partial charge in [-0.2, -0.15) is 0 Å². The second kappa shape index (κ2) is 8.94. The van der Waals surface area contributed by atoms with Gasteiger partial charge in [0.05, 0.1) is 5.02 Å². The maximum absolute atomic E-state index is 12.1. The molecule has 25 heavy (non-hydrogen) atoms. The van der Waals surface area contributed by atoms with Gasteiger partial charge in [0, 0.05) is 23.7 Å². The van der Waals surface area contributed by atoms with Gasteiger partial charge in [-0.15, -0.1) is 0 Å². The molecule has 0 aliphatic heterocycles. The van der Waals surface area contributed by atoms with E-state index in [-0.39, 0.29) is 23.2 Å². The van der Waals surface area contributed by atoms with E-state index in [2.05, 4.69) is 10.5 Å². The van der Waals surface area contributed by atoms with Crippen LogP contribution in [0, 0.1) is 0 Å². The topological polar surface area (TPSA) is 59.9 Å². The van der Waals surface area contributed by atoms with E-state index < -0.39 is 0 Å². The van der Waals surface area contributed by atoms with Crippen molar-refractivity contribution in [2.45, 2.75) is 6.61 Å². The molecule has 0 heterocycles. The third-order valence-electron chi connectivity index (χ3n) is 3.24. The lowest BCUT2D eigenvalue weighted by Gasteiger charge is -2.13. The lowest BCUT2D eigenvalue weighted by molar-refractivity contribution is -0.114. The summed E-state index contributed by atoms with van der Waals surface area (Å²) in [6.45, 7) is 0.131. The number of nitrogens with zero attached hydrogens (tertiary/aromatic N) is 1. The molecule has 0 aromatic heterocycles. The van der Waals surface area contributed by atoms with E-state index in [0.717, 1.165) is 0 Å². The number of halogens is 3. The van der Waals surface area contributed by atoms with E-state index in [4.69, 9.17) is 44.4 Å². The van der Waals surface area contributed by atoms with Gasteiger partial charge in [0.15, 0.2) is 5.71 Å². The van der Waals surface area contributed by atoms with E-state index in [0.29, 0.717) is 26.9 Å². The number of hydrogen-bond donors (Lipinski definition) is 1. The largest absolute Gasteiger partial charge is 0.487 e. The van der Waals surface area contributed by atoms with Crippen molar-refractivity contribution in [3.63, 3.8) is 0 Å². The molecule has 0 saturated heterocycles. The van der Waals surface area contributed by atoms with Gasteiger partial charge in [0.25, 0.3) is 5.91 Å². The van der Waals surface area contributed by atoms with Gasteiger partial charge in [0.1, 0.15) is 24.5 Å². The summed E-state index contributed by atoms with van der Waals surface area (Å²) in [6, 6.07) is 10.3. The first kappa shape index (κ1) is 19.4. The highest BCUT2D eigenvalue weighted by Crippen LogP contribution is 2.35. The van der Waals surface area contributed by atoms with Crippen molar-refractivity contribution in [2.24, 2.45) is 5.16 Å². The fourth-order valence-electron chi connectivity index (χ4n) is 2.09. The number of carbonyl (C=O) groups excluding carboxylic acids is 1. The first-order valence-electron chi connectivity index (χ1n) is 7.16. The van der Waals surface area contributed by atoms with Crippen LogP contribution in [0.4, 0.5) is 0 Å². The summed E-state index contributed by atoms with van der Waals surface area (Å²) in [7, 11) is 2.89. The van der Waals surface area contributed by atoms with Crippen molar-refractivity contribution in [2.75, 3.05) is 14.2 Å². The maximum Gasteiger partial charge on any atom is 0.273 e. The van der Waals surface area contributed by atoms with Crippen LogP contribution in [0.1, 0.15) is 11.1 Å². The van der Waals surface area contributed by atoms with Gasteiger partial charge in [-0.3, -0.25) is 4.79 Å². The molecule has 0 unspecified atom stereocenters. The van der Waals surface area contributed by atoms with E-state index in [9.17, 15) is 4.79 Å². The average molecular weight is 402 g/mol. The third kappa shape index (κ3) is 4.78. The number of oxime groups is 1. The molecule has 1 amide bonds. The number of carbonyl (C=O) groups is 1. The zero-order valence-corrected chi connectivity index (χ0v) is 15.7. The van der Waals surface area contributed by atoms with Crippen LogP contribution in [0.5, 0.6) is 5.75 Å². The Morgan fingerprint density at radius 3 is 2.60 bits per heavy atom. The van der Waals surface area contributed by atoms with E-state index in [1.54, 1.807) is 18.2 Å². The molecule has 0 fully saturated rings. The fraction of sp³-hybridized carbons (Fsp3) is 0.176. The Hall–Kier alpha value is -1.95. The summed E-state index contributed by atoms with van der Waals surface area (Å²) in [5.74, 6) is -0.0303. The van der Waals surface area contributed by atoms with Crippen molar-refractivity contribution in [3.05, 3.63) is 62.6 Å². The number of amides is 1. The molecule has 2 aromatic rings. The second-order valence-electron chi connectivity index (χ2n) is 4.85. The molecular weight excluding hydrogens is 387 g/mol. The Labute approximate surface area is 160 Å². The van der Waals surface area contributed by atoms with E-state index in [1.807, 2.05) is 12.1 Å².